The van der Waals surface area contributed by atoms with Gasteiger partial charge in [0.05, 0.1) is 0 Å². The van der Waals surface area contributed by atoms with Gasteiger partial charge in [-0.3, -0.25) is 4.79 Å². The van der Waals surface area contributed by atoms with Gasteiger partial charge in [0.2, 0.25) is 0 Å². The standard InChI is InChI=1S/C14H26O3Si/c1-16-13(9-6-5-7-10-13)14(11-8-12(14)15)17-18(2,3)4/h5-11H2,1-4H3. The molecule has 0 spiro atoms. The number of rotatable bonds is 4. The van der Waals surface area contributed by atoms with Gasteiger partial charge in [-0.25, -0.2) is 0 Å². The lowest BCUT2D eigenvalue weighted by Gasteiger charge is -2.56. The molecule has 104 valence electrons. The molecule has 2 rings (SSSR count). The first-order valence-electron chi connectivity index (χ1n) is 7.14. The number of ketones is 1. The third-order valence-corrected chi connectivity index (χ3v) is 5.38. The summed E-state index contributed by atoms with van der Waals surface area (Å²) in [6.45, 7) is 6.48. The molecule has 2 fully saturated rings. The molecule has 0 saturated heterocycles. The summed E-state index contributed by atoms with van der Waals surface area (Å²) in [6, 6.07) is 0. The minimum absolute atomic E-state index is 0.272. The van der Waals surface area contributed by atoms with E-state index in [4.69, 9.17) is 9.16 Å². The second-order valence-corrected chi connectivity index (χ2v) is 11.2. The lowest BCUT2D eigenvalue weighted by molar-refractivity contribution is -0.205. The van der Waals surface area contributed by atoms with Crippen molar-refractivity contribution in [2.75, 3.05) is 7.11 Å². The number of hydrogen-bond acceptors (Lipinski definition) is 3. The third kappa shape index (κ3) is 2.19. The monoisotopic (exact) mass is 270 g/mol. The van der Waals surface area contributed by atoms with Crippen molar-refractivity contribution < 1.29 is 14.0 Å². The SMILES string of the molecule is COC1(C2(O[Si](C)(C)C)CCC2=O)CCCCC1. The predicted octanol–water partition coefficient (Wildman–Crippen LogP) is 3.29. The maximum absolute atomic E-state index is 12.3. The lowest BCUT2D eigenvalue weighted by atomic mass is 9.62. The van der Waals surface area contributed by atoms with Crippen LogP contribution in [0.3, 0.4) is 0 Å². The Labute approximate surface area is 111 Å². The number of carbonyl (C=O) groups excluding carboxylic acids is 1. The zero-order valence-corrected chi connectivity index (χ0v) is 13.2. The van der Waals surface area contributed by atoms with Crippen LogP contribution in [0.1, 0.15) is 44.9 Å². The van der Waals surface area contributed by atoms with Crippen LogP contribution in [0.4, 0.5) is 0 Å². The Hall–Kier alpha value is -0.193. The molecule has 0 aromatic heterocycles. The second-order valence-electron chi connectivity index (χ2n) is 6.72. The molecular weight excluding hydrogens is 244 g/mol. The largest absolute Gasteiger partial charge is 0.403 e. The normalized spacial score (nSPS) is 32.1. The summed E-state index contributed by atoms with van der Waals surface area (Å²) in [5, 5.41) is 0. The highest BCUT2D eigenvalue weighted by Crippen LogP contribution is 2.51. The van der Waals surface area contributed by atoms with Gasteiger partial charge >= 0.3 is 0 Å². The number of methoxy groups -OCH3 is 1. The smallest absolute Gasteiger partial charge is 0.185 e. The molecule has 2 aliphatic rings. The average molecular weight is 270 g/mol. The Balaban J connectivity index is 2.31. The first-order chi connectivity index (χ1) is 8.35. The van der Waals surface area contributed by atoms with E-state index in [9.17, 15) is 4.79 Å². The van der Waals surface area contributed by atoms with Crippen LogP contribution in [0.25, 0.3) is 0 Å². The van der Waals surface area contributed by atoms with Gasteiger partial charge in [-0.1, -0.05) is 19.3 Å². The summed E-state index contributed by atoms with van der Waals surface area (Å²) in [7, 11) is 0.00395. The van der Waals surface area contributed by atoms with Crippen LogP contribution in [-0.2, 0) is 14.0 Å². The predicted molar refractivity (Wildman–Crippen MR) is 74.2 cm³/mol. The van der Waals surface area contributed by atoms with Gasteiger partial charge < -0.3 is 9.16 Å². The quantitative estimate of drug-likeness (QED) is 0.735. The van der Waals surface area contributed by atoms with Crippen molar-refractivity contribution in [3.8, 4) is 0 Å². The Morgan fingerprint density at radius 2 is 1.67 bits per heavy atom. The topological polar surface area (TPSA) is 35.5 Å². The molecule has 0 N–H and O–H groups in total. The maximum Gasteiger partial charge on any atom is 0.185 e. The molecule has 3 nitrogen and oxygen atoms in total. The Kier molecular flexibility index (Phi) is 3.73. The summed E-state index contributed by atoms with van der Waals surface area (Å²) >= 11 is 0. The molecule has 2 saturated carbocycles. The molecule has 4 heteroatoms. The average Bonchev–Trinajstić information content (AvgIpc) is 2.33. The fourth-order valence-electron chi connectivity index (χ4n) is 3.56. The van der Waals surface area contributed by atoms with E-state index in [2.05, 4.69) is 19.6 Å². The van der Waals surface area contributed by atoms with E-state index in [1.54, 1.807) is 7.11 Å². The summed E-state index contributed by atoms with van der Waals surface area (Å²) in [4.78, 5) is 12.3. The Bertz CT molecular complexity index is 328. The highest BCUT2D eigenvalue weighted by molar-refractivity contribution is 6.70. The van der Waals surface area contributed by atoms with Crippen LogP contribution in [0, 0.1) is 0 Å². The first kappa shape index (κ1) is 14.2. The fraction of sp³-hybridized carbons (Fsp3) is 0.929. The molecule has 0 bridgehead atoms. The fourth-order valence-corrected chi connectivity index (χ4v) is 5.00. The van der Waals surface area contributed by atoms with E-state index in [1.807, 2.05) is 0 Å². The van der Waals surface area contributed by atoms with E-state index in [0.717, 1.165) is 32.1 Å². The maximum atomic E-state index is 12.3. The minimum Gasteiger partial charge on any atom is -0.403 e. The van der Waals surface area contributed by atoms with E-state index in [-0.39, 0.29) is 11.4 Å². The Morgan fingerprint density at radius 3 is 2.00 bits per heavy atom. The van der Waals surface area contributed by atoms with Crippen molar-refractivity contribution in [1.29, 1.82) is 0 Å². The Morgan fingerprint density at radius 1 is 1.06 bits per heavy atom. The molecule has 0 radical (unpaired) electrons. The number of Topliss-reactive ketones (excluding diaryl/α,β-unsaturated/α-hetero) is 1. The van der Waals surface area contributed by atoms with Gasteiger partial charge in [0, 0.05) is 13.5 Å². The van der Waals surface area contributed by atoms with E-state index in [1.165, 1.54) is 6.42 Å². The number of carbonyl (C=O) groups is 1. The van der Waals surface area contributed by atoms with Gasteiger partial charge in [0.15, 0.2) is 14.1 Å². The number of hydrogen-bond donors (Lipinski definition) is 0. The zero-order chi connectivity index (χ0) is 13.4. The van der Waals surface area contributed by atoms with Gasteiger partial charge in [-0.2, -0.15) is 0 Å². The lowest BCUT2D eigenvalue weighted by Crippen LogP contribution is -2.70. The van der Waals surface area contributed by atoms with Crippen LogP contribution < -0.4 is 0 Å². The van der Waals surface area contributed by atoms with Crippen molar-refractivity contribution in [2.45, 2.75) is 75.8 Å². The molecule has 0 aliphatic heterocycles. The van der Waals surface area contributed by atoms with Gasteiger partial charge in [-0.15, -0.1) is 0 Å². The van der Waals surface area contributed by atoms with Crippen molar-refractivity contribution in [1.82, 2.24) is 0 Å². The van der Waals surface area contributed by atoms with Crippen molar-refractivity contribution in [2.24, 2.45) is 0 Å². The van der Waals surface area contributed by atoms with Crippen LogP contribution in [0.2, 0.25) is 19.6 Å². The van der Waals surface area contributed by atoms with E-state index < -0.39 is 13.9 Å². The third-order valence-electron chi connectivity index (χ3n) is 4.42. The van der Waals surface area contributed by atoms with Crippen LogP contribution in [-0.4, -0.2) is 32.4 Å². The number of ether oxygens (including phenoxy) is 1. The second kappa shape index (κ2) is 4.73. The van der Waals surface area contributed by atoms with E-state index >= 15 is 0 Å². The molecule has 0 heterocycles. The molecular formula is C14H26O3Si. The van der Waals surface area contributed by atoms with Crippen LogP contribution in [0.15, 0.2) is 0 Å². The van der Waals surface area contributed by atoms with Gasteiger partial charge in [0.1, 0.15) is 11.2 Å². The summed E-state index contributed by atoms with van der Waals surface area (Å²) in [6.07, 6.45) is 7.01. The van der Waals surface area contributed by atoms with Crippen molar-refractivity contribution in [3.05, 3.63) is 0 Å². The van der Waals surface area contributed by atoms with Crippen LogP contribution >= 0.6 is 0 Å². The summed E-state index contributed by atoms with van der Waals surface area (Å²) < 4.78 is 12.3. The molecule has 2 aliphatic carbocycles. The molecule has 0 aromatic rings. The molecule has 0 aromatic carbocycles. The first-order valence-corrected chi connectivity index (χ1v) is 10.5. The molecule has 1 atom stereocenters. The molecule has 1 unspecified atom stereocenters. The summed E-state index contributed by atoms with van der Waals surface area (Å²) in [5.74, 6) is 0.272. The van der Waals surface area contributed by atoms with Crippen LogP contribution in [0.5, 0.6) is 0 Å². The highest BCUT2D eigenvalue weighted by Gasteiger charge is 2.63. The minimum atomic E-state index is -1.75. The highest BCUT2D eigenvalue weighted by atomic mass is 28.4. The zero-order valence-electron chi connectivity index (χ0n) is 12.2. The van der Waals surface area contributed by atoms with Gasteiger partial charge in [0.25, 0.3) is 0 Å². The molecule has 0 amide bonds. The van der Waals surface area contributed by atoms with Crippen molar-refractivity contribution >= 4 is 14.1 Å². The van der Waals surface area contributed by atoms with Crippen molar-refractivity contribution in [3.63, 3.8) is 0 Å². The van der Waals surface area contributed by atoms with Gasteiger partial charge in [-0.05, 0) is 38.9 Å². The summed E-state index contributed by atoms with van der Waals surface area (Å²) in [5.41, 5.74) is -0.965. The van der Waals surface area contributed by atoms with E-state index in [0.29, 0.717) is 6.42 Å². The molecule has 18 heavy (non-hydrogen) atoms.